The van der Waals surface area contributed by atoms with E-state index in [1.807, 2.05) is 0 Å². The molecule has 2 radical (unpaired) electrons. The quantitative estimate of drug-likeness (QED) is 0.186. The second kappa shape index (κ2) is 13.1. The van der Waals surface area contributed by atoms with Crippen LogP contribution in [0.5, 0.6) is 0 Å². The zero-order valence-corrected chi connectivity index (χ0v) is 27.0. The molecule has 4 aliphatic carbocycles. The van der Waals surface area contributed by atoms with Gasteiger partial charge < -0.3 is 0 Å². The molecule has 0 aromatic carbocycles. The summed E-state index contributed by atoms with van der Waals surface area (Å²) in [6, 6.07) is 0. The molecule has 9 rings (SSSR count). The molecule has 0 amide bonds. The molecular weight excluding hydrogens is 624 g/mol. The van der Waals surface area contributed by atoms with Gasteiger partial charge in [-0.15, -0.1) is 0 Å². The minimum absolute atomic E-state index is 0. The topological polar surface area (TPSA) is 96.2 Å². The van der Waals surface area contributed by atoms with Crippen LogP contribution in [0.25, 0.3) is 0 Å². The Hall–Kier alpha value is 0.719. The van der Waals surface area contributed by atoms with E-state index in [1.165, 1.54) is 103 Å². The molecular formula is C32H56Cu2N8. The van der Waals surface area contributed by atoms with Gasteiger partial charge in [0.1, 0.15) is 0 Å². The number of nitrogens with one attached hydrogen (secondary N) is 8. The zero-order valence-electron chi connectivity index (χ0n) is 25.2. The largest absolute Gasteiger partial charge is 0.286 e. The van der Waals surface area contributed by atoms with Crippen molar-refractivity contribution in [3.05, 3.63) is 0 Å². The Labute approximate surface area is 275 Å². The Morgan fingerprint density at radius 2 is 0.333 bits per heavy atom. The van der Waals surface area contributed by atoms with Crippen LogP contribution in [-0.4, -0.2) is 49.3 Å². The fourth-order valence-electron chi connectivity index (χ4n) is 12.0. The molecule has 8 nitrogen and oxygen atoms in total. The van der Waals surface area contributed by atoms with Crippen LogP contribution >= 0.6 is 0 Å². The number of rotatable bonds is 0. The Kier molecular flexibility index (Phi) is 9.76. The molecule has 8 unspecified atom stereocenters. The van der Waals surface area contributed by atoms with Crippen LogP contribution in [0.2, 0.25) is 0 Å². The Bertz CT molecular complexity index is 721. The van der Waals surface area contributed by atoms with Crippen LogP contribution in [0, 0.1) is 47.3 Å². The van der Waals surface area contributed by atoms with Crippen molar-refractivity contribution in [2.24, 2.45) is 47.3 Å². The van der Waals surface area contributed by atoms with Crippen molar-refractivity contribution < 1.29 is 34.1 Å². The molecule has 8 atom stereocenters. The van der Waals surface area contributed by atoms with Gasteiger partial charge in [-0.2, -0.15) is 0 Å². The van der Waals surface area contributed by atoms with Gasteiger partial charge >= 0.3 is 0 Å². The van der Waals surface area contributed by atoms with Gasteiger partial charge in [0.25, 0.3) is 0 Å². The van der Waals surface area contributed by atoms with Crippen molar-refractivity contribution in [2.75, 3.05) is 0 Å². The van der Waals surface area contributed by atoms with Crippen LogP contribution in [-0.2, 0) is 34.1 Å². The van der Waals surface area contributed by atoms with E-state index >= 15 is 0 Å². The minimum Gasteiger partial charge on any atom is -0.286 e. The second-order valence-corrected chi connectivity index (χ2v) is 15.6. The van der Waals surface area contributed by atoms with Crippen molar-refractivity contribution in [3.63, 3.8) is 0 Å². The molecule has 8 bridgehead atoms. The van der Waals surface area contributed by atoms with Crippen LogP contribution < -0.4 is 42.5 Å². The predicted molar refractivity (Wildman–Crippen MR) is 157 cm³/mol. The van der Waals surface area contributed by atoms with Crippen LogP contribution in [0.4, 0.5) is 0 Å². The SMILES string of the molecule is C1CCC2C3NC(NC4NC(NC5NC(NC6NC(N3)C3CCCCC63)C3CCCCC53)C3CCCCC43)C2C1.[Cu].[Cu]. The van der Waals surface area contributed by atoms with Gasteiger partial charge in [0.15, 0.2) is 0 Å². The fourth-order valence-corrected chi connectivity index (χ4v) is 12.0. The van der Waals surface area contributed by atoms with Crippen LogP contribution in [0.3, 0.4) is 0 Å². The minimum atomic E-state index is 0. The molecule has 4 saturated carbocycles. The van der Waals surface area contributed by atoms with Crippen molar-refractivity contribution in [1.29, 1.82) is 0 Å². The summed E-state index contributed by atoms with van der Waals surface area (Å²) in [5, 5.41) is 33.8. The van der Waals surface area contributed by atoms with E-state index in [0.717, 1.165) is 47.3 Å². The smallest absolute Gasteiger partial charge is 0.0628 e. The molecule has 10 heteroatoms. The number of fused-ring (bicyclic) bond motifs is 20. The Balaban J connectivity index is 0.00000144. The summed E-state index contributed by atoms with van der Waals surface area (Å²) in [5.74, 6) is 5.97. The first-order chi connectivity index (χ1) is 19.8. The van der Waals surface area contributed by atoms with Crippen molar-refractivity contribution >= 4 is 0 Å². The summed E-state index contributed by atoms with van der Waals surface area (Å²) >= 11 is 0. The molecule has 0 aromatic heterocycles. The van der Waals surface area contributed by atoms with Crippen molar-refractivity contribution in [2.45, 2.75) is 152 Å². The molecule has 5 heterocycles. The molecule has 0 aromatic rings. The summed E-state index contributed by atoms with van der Waals surface area (Å²) in [5.41, 5.74) is 0. The maximum Gasteiger partial charge on any atom is 0.0628 e. The third-order valence-electron chi connectivity index (χ3n) is 13.8. The normalized spacial score (nSPS) is 54.9. The summed E-state index contributed by atoms with van der Waals surface area (Å²) in [7, 11) is 0. The fraction of sp³-hybridized carbons (Fsp3) is 1.00. The Morgan fingerprint density at radius 1 is 0.214 bits per heavy atom. The van der Waals surface area contributed by atoms with E-state index in [2.05, 4.69) is 42.5 Å². The van der Waals surface area contributed by atoms with Crippen molar-refractivity contribution in [3.8, 4) is 0 Å². The summed E-state index contributed by atoms with van der Waals surface area (Å²) in [4.78, 5) is 0. The molecule has 0 spiro atoms. The second-order valence-electron chi connectivity index (χ2n) is 15.6. The molecule has 9 aliphatic rings. The van der Waals surface area contributed by atoms with E-state index in [-0.39, 0.29) is 34.1 Å². The van der Waals surface area contributed by atoms with Gasteiger partial charge in [0.05, 0.1) is 49.3 Å². The molecule has 5 aliphatic heterocycles. The first-order valence-electron chi connectivity index (χ1n) is 17.9. The standard InChI is InChI=1S/C32H56N8.2Cu/c1-2-10-18-17(9-1)25-33-26(18)38-28-21-13-5-6-14-22(21)30(35-28)40-32-24-16-8-7-15-23(24)31(36-32)39-29-20-12-4-3-11-19(20)27(34-29)37-25;;/h17-40H,1-16H2;;. The summed E-state index contributed by atoms with van der Waals surface area (Å²) in [6.45, 7) is 0. The zero-order chi connectivity index (χ0) is 26.2. The molecule has 8 N–H and O–H groups in total. The molecule has 5 saturated heterocycles. The average molecular weight is 680 g/mol. The number of hydrogen-bond donors (Lipinski definition) is 8. The van der Waals surface area contributed by atoms with Gasteiger partial charge in [-0.1, -0.05) is 51.4 Å². The first kappa shape index (κ1) is 31.3. The molecule has 246 valence electrons. The average Bonchev–Trinajstić information content (AvgIpc) is 3.73. The third kappa shape index (κ3) is 5.43. The predicted octanol–water partition coefficient (Wildman–Crippen LogP) is 2.60. The van der Waals surface area contributed by atoms with Gasteiger partial charge in [-0.05, 0) is 98.7 Å². The Morgan fingerprint density at radius 3 is 0.452 bits per heavy atom. The third-order valence-corrected chi connectivity index (χ3v) is 13.8. The van der Waals surface area contributed by atoms with E-state index in [9.17, 15) is 0 Å². The number of hydrogen-bond acceptors (Lipinski definition) is 8. The first-order valence-corrected chi connectivity index (χ1v) is 17.9. The van der Waals surface area contributed by atoms with E-state index < -0.39 is 0 Å². The van der Waals surface area contributed by atoms with Gasteiger partial charge in [0.2, 0.25) is 0 Å². The summed E-state index contributed by atoms with van der Waals surface area (Å²) in [6.07, 6.45) is 25.6. The molecule has 42 heavy (non-hydrogen) atoms. The van der Waals surface area contributed by atoms with Gasteiger partial charge in [-0.3, -0.25) is 42.5 Å². The maximum absolute atomic E-state index is 4.26. The maximum atomic E-state index is 4.26. The van der Waals surface area contributed by atoms with E-state index in [1.54, 1.807) is 0 Å². The van der Waals surface area contributed by atoms with Gasteiger partial charge in [-0.25, -0.2) is 0 Å². The van der Waals surface area contributed by atoms with E-state index in [0.29, 0.717) is 49.3 Å². The van der Waals surface area contributed by atoms with Gasteiger partial charge in [0, 0.05) is 34.1 Å². The molecule has 9 fully saturated rings. The van der Waals surface area contributed by atoms with E-state index in [4.69, 9.17) is 0 Å². The summed E-state index contributed by atoms with van der Waals surface area (Å²) < 4.78 is 0. The monoisotopic (exact) mass is 678 g/mol. The van der Waals surface area contributed by atoms with Crippen LogP contribution in [0.15, 0.2) is 0 Å². The van der Waals surface area contributed by atoms with Crippen molar-refractivity contribution in [1.82, 2.24) is 42.5 Å². The van der Waals surface area contributed by atoms with Crippen LogP contribution in [0.1, 0.15) is 103 Å².